The number of halogens is 2. The summed E-state index contributed by atoms with van der Waals surface area (Å²) in [6.07, 6.45) is 0. The van der Waals surface area contributed by atoms with Crippen molar-refractivity contribution in [3.8, 4) is 0 Å². The molecule has 0 aromatic heterocycles. The fourth-order valence-electron chi connectivity index (χ4n) is 1.46. The molecule has 0 fully saturated rings. The third kappa shape index (κ3) is 5.59. The zero-order valence-corrected chi connectivity index (χ0v) is 13.3. The smallest absolute Gasteiger partial charge is 0.191 e. The average molecular weight is 368 g/mol. The summed E-state index contributed by atoms with van der Waals surface area (Å²) in [4.78, 5) is 6.36. The standard InChI is InChI=1S/C12H18ClN3.HI/c1-3-16(4-2)12(14)15-9-10-6-5-7-11(13)8-10;/h5-8H,3-4,9H2,1-2H3,(H2,14,15);1H. The molecule has 0 radical (unpaired) electrons. The topological polar surface area (TPSA) is 41.6 Å². The summed E-state index contributed by atoms with van der Waals surface area (Å²) in [6.45, 7) is 6.45. The van der Waals surface area contributed by atoms with E-state index in [9.17, 15) is 0 Å². The summed E-state index contributed by atoms with van der Waals surface area (Å²) in [5.41, 5.74) is 6.94. The monoisotopic (exact) mass is 367 g/mol. The van der Waals surface area contributed by atoms with Gasteiger partial charge in [-0.15, -0.1) is 24.0 Å². The molecule has 0 bridgehead atoms. The Morgan fingerprint density at radius 3 is 2.53 bits per heavy atom. The molecule has 1 rings (SSSR count). The minimum absolute atomic E-state index is 0. The van der Waals surface area contributed by atoms with Crippen molar-refractivity contribution < 1.29 is 0 Å². The largest absolute Gasteiger partial charge is 0.370 e. The van der Waals surface area contributed by atoms with Gasteiger partial charge in [-0.25, -0.2) is 4.99 Å². The lowest BCUT2D eigenvalue weighted by Crippen LogP contribution is -2.37. The maximum absolute atomic E-state index is 5.89. The van der Waals surface area contributed by atoms with Gasteiger partial charge in [0.25, 0.3) is 0 Å². The second kappa shape index (κ2) is 8.58. The molecule has 0 aliphatic heterocycles. The highest BCUT2D eigenvalue weighted by atomic mass is 127. The lowest BCUT2D eigenvalue weighted by Gasteiger charge is -2.19. The molecule has 0 amide bonds. The summed E-state index contributed by atoms with van der Waals surface area (Å²) in [7, 11) is 0. The van der Waals surface area contributed by atoms with E-state index in [1.807, 2.05) is 29.2 Å². The second-order valence-corrected chi connectivity index (χ2v) is 3.91. The minimum atomic E-state index is 0. The summed E-state index contributed by atoms with van der Waals surface area (Å²) >= 11 is 5.89. The van der Waals surface area contributed by atoms with Gasteiger partial charge in [-0.2, -0.15) is 0 Å². The Balaban J connectivity index is 0.00000256. The van der Waals surface area contributed by atoms with Crippen molar-refractivity contribution in [2.75, 3.05) is 13.1 Å². The third-order valence-electron chi connectivity index (χ3n) is 2.40. The van der Waals surface area contributed by atoms with Crippen molar-refractivity contribution in [2.24, 2.45) is 10.7 Å². The van der Waals surface area contributed by atoms with Gasteiger partial charge >= 0.3 is 0 Å². The number of nitrogens with two attached hydrogens (primary N) is 1. The maximum atomic E-state index is 5.89. The van der Waals surface area contributed by atoms with Crippen molar-refractivity contribution in [3.63, 3.8) is 0 Å². The Bertz CT molecular complexity index is 365. The van der Waals surface area contributed by atoms with Crippen LogP contribution in [0.15, 0.2) is 29.3 Å². The van der Waals surface area contributed by atoms with Gasteiger partial charge in [0.05, 0.1) is 6.54 Å². The lowest BCUT2D eigenvalue weighted by molar-refractivity contribution is 0.458. The predicted molar refractivity (Wildman–Crippen MR) is 85.1 cm³/mol. The molecule has 96 valence electrons. The van der Waals surface area contributed by atoms with Crippen molar-refractivity contribution >= 4 is 41.5 Å². The van der Waals surface area contributed by atoms with Crippen molar-refractivity contribution in [3.05, 3.63) is 34.9 Å². The Morgan fingerprint density at radius 2 is 2.00 bits per heavy atom. The third-order valence-corrected chi connectivity index (χ3v) is 2.64. The first-order chi connectivity index (χ1) is 7.67. The van der Waals surface area contributed by atoms with E-state index in [2.05, 4.69) is 18.8 Å². The highest BCUT2D eigenvalue weighted by Crippen LogP contribution is 2.11. The van der Waals surface area contributed by atoms with Crippen LogP contribution >= 0.6 is 35.6 Å². The molecule has 0 aliphatic carbocycles. The summed E-state index contributed by atoms with van der Waals surface area (Å²) < 4.78 is 0. The zero-order chi connectivity index (χ0) is 12.0. The van der Waals surface area contributed by atoms with Gasteiger partial charge in [0.2, 0.25) is 0 Å². The number of hydrogen-bond acceptors (Lipinski definition) is 1. The van der Waals surface area contributed by atoms with E-state index in [1.54, 1.807) is 0 Å². The highest BCUT2D eigenvalue weighted by molar-refractivity contribution is 14.0. The molecular weight excluding hydrogens is 349 g/mol. The summed E-state index contributed by atoms with van der Waals surface area (Å²) in [5.74, 6) is 0.588. The zero-order valence-electron chi connectivity index (χ0n) is 10.2. The van der Waals surface area contributed by atoms with Gasteiger partial charge in [-0.1, -0.05) is 23.7 Å². The molecule has 0 unspecified atom stereocenters. The van der Waals surface area contributed by atoms with Crippen LogP contribution in [0.2, 0.25) is 5.02 Å². The molecule has 5 heteroatoms. The number of aliphatic imine (C=N–C) groups is 1. The number of benzene rings is 1. The number of rotatable bonds is 4. The van der Waals surface area contributed by atoms with E-state index in [0.29, 0.717) is 12.5 Å². The molecule has 0 saturated carbocycles. The van der Waals surface area contributed by atoms with Gasteiger partial charge in [0.1, 0.15) is 0 Å². The van der Waals surface area contributed by atoms with E-state index in [4.69, 9.17) is 17.3 Å². The number of nitrogens with zero attached hydrogens (tertiary/aromatic N) is 2. The molecule has 0 heterocycles. The van der Waals surface area contributed by atoms with E-state index in [0.717, 1.165) is 23.7 Å². The summed E-state index contributed by atoms with van der Waals surface area (Å²) in [5, 5.41) is 0.731. The highest BCUT2D eigenvalue weighted by Gasteiger charge is 2.01. The summed E-state index contributed by atoms with van der Waals surface area (Å²) in [6, 6.07) is 7.66. The van der Waals surface area contributed by atoms with E-state index >= 15 is 0 Å². The Morgan fingerprint density at radius 1 is 1.35 bits per heavy atom. The Kier molecular flexibility index (Phi) is 8.33. The quantitative estimate of drug-likeness (QED) is 0.505. The molecule has 0 spiro atoms. The van der Waals surface area contributed by atoms with E-state index in [1.165, 1.54) is 0 Å². The van der Waals surface area contributed by atoms with Crippen molar-refractivity contribution in [2.45, 2.75) is 20.4 Å². The van der Waals surface area contributed by atoms with Crippen LogP contribution in [-0.4, -0.2) is 23.9 Å². The van der Waals surface area contributed by atoms with Crippen LogP contribution in [0.4, 0.5) is 0 Å². The van der Waals surface area contributed by atoms with Gasteiger partial charge in [0, 0.05) is 18.1 Å². The molecule has 0 atom stereocenters. The molecule has 3 nitrogen and oxygen atoms in total. The van der Waals surface area contributed by atoms with Crippen LogP contribution in [0, 0.1) is 0 Å². The molecular formula is C12H19ClIN3. The van der Waals surface area contributed by atoms with Crippen LogP contribution in [0.3, 0.4) is 0 Å². The Hall–Kier alpha value is -0.490. The minimum Gasteiger partial charge on any atom is -0.370 e. The first-order valence-electron chi connectivity index (χ1n) is 5.46. The SMILES string of the molecule is CCN(CC)C(N)=NCc1cccc(Cl)c1.I. The first kappa shape index (κ1) is 16.5. The molecule has 1 aromatic rings. The van der Waals surface area contributed by atoms with Crippen molar-refractivity contribution in [1.29, 1.82) is 0 Å². The van der Waals surface area contributed by atoms with Gasteiger partial charge in [-0.05, 0) is 31.5 Å². The van der Waals surface area contributed by atoms with Crippen LogP contribution < -0.4 is 5.73 Å². The first-order valence-corrected chi connectivity index (χ1v) is 5.84. The normalized spacial score (nSPS) is 10.9. The average Bonchev–Trinajstić information content (AvgIpc) is 2.28. The lowest BCUT2D eigenvalue weighted by atomic mass is 10.2. The van der Waals surface area contributed by atoms with Crippen LogP contribution in [0.1, 0.15) is 19.4 Å². The van der Waals surface area contributed by atoms with Crippen LogP contribution in [0.25, 0.3) is 0 Å². The van der Waals surface area contributed by atoms with E-state index in [-0.39, 0.29) is 24.0 Å². The fraction of sp³-hybridized carbons (Fsp3) is 0.417. The molecule has 0 saturated heterocycles. The van der Waals surface area contributed by atoms with Crippen LogP contribution in [0.5, 0.6) is 0 Å². The maximum Gasteiger partial charge on any atom is 0.191 e. The predicted octanol–water partition coefficient (Wildman–Crippen LogP) is 3.11. The molecule has 2 N–H and O–H groups in total. The number of guanidine groups is 1. The molecule has 0 aliphatic rings. The van der Waals surface area contributed by atoms with Gasteiger partial charge in [-0.3, -0.25) is 0 Å². The van der Waals surface area contributed by atoms with E-state index < -0.39 is 0 Å². The Labute approximate surface area is 125 Å². The number of hydrogen-bond donors (Lipinski definition) is 1. The van der Waals surface area contributed by atoms with Gasteiger partial charge < -0.3 is 10.6 Å². The van der Waals surface area contributed by atoms with Crippen molar-refractivity contribution in [1.82, 2.24) is 4.90 Å². The molecule has 17 heavy (non-hydrogen) atoms. The van der Waals surface area contributed by atoms with Gasteiger partial charge in [0.15, 0.2) is 5.96 Å². The fourth-order valence-corrected chi connectivity index (χ4v) is 1.67. The second-order valence-electron chi connectivity index (χ2n) is 3.48. The van der Waals surface area contributed by atoms with Crippen LogP contribution in [-0.2, 0) is 6.54 Å². The molecule has 1 aromatic carbocycles.